The molecule has 4 aromatic carbocycles. The molecule has 2 atom stereocenters. The molecule has 0 bridgehead atoms. The van der Waals surface area contributed by atoms with E-state index in [1.54, 1.807) is 0 Å². The lowest BCUT2D eigenvalue weighted by Gasteiger charge is -2.34. The van der Waals surface area contributed by atoms with Crippen molar-refractivity contribution >= 4 is 29.7 Å². The zero-order chi connectivity index (χ0) is 20.9. The fraction of sp³-hybridized carbons (Fsp3) is 0.133. The SMILES string of the molecule is C(=C/[C@@H]1C[C@@H]1C[Si](c1ccccc1)(c1ccccc1)c1ccccc1)/c1ccccc1. The molecule has 1 aliphatic rings. The van der Waals surface area contributed by atoms with Crippen LogP contribution < -0.4 is 15.6 Å². The smallest absolute Gasteiger partial charge is 0.0805 e. The van der Waals surface area contributed by atoms with E-state index in [-0.39, 0.29) is 0 Å². The summed E-state index contributed by atoms with van der Waals surface area (Å²) in [5.41, 5.74) is 1.30. The standard InChI is InChI=1S/C30H28Si/c1-5-13-25(14-6-1)21-22-26-23-27(26)24-31(28-15-7-2-8-16-28,29-17-9-3-10-18-29)30-19-11-4-12-20-30/h1-22,26-27H,23-24H2/b22-21-/t26-,27-/m1/s1. The first-order chi connectivity index (χ1) is 15.4. The Labute approximate surface area is 186 Å². The van der Waals surface area contributed by atoms with Crippen LogP contribution in [-0.4, -0.2) is 8.07 Å². The number of hydrogen-bond acceptors (Lipinski definition) is 0. The maximum absolute atomic E-state index is 2.44. The molecule has 1 saturated carbocycles. The van der Waals surface area contributed by atoms with Crippen LogP contribution in [0.15, 0.2) is 127 Å². The molecule has 0 unspecified atom stereocenters. The highest BCUT2D eigenvalue weighted by molar-refractivity contribution is 7.11. The Morgan fingerprint density at radius 3 is 1.45 bits per heavy atom. The normalized spacial score (nSPS) is 18.2. The quantitative estimate of drug-likeness (QED) is 0.275. The molecule has 0 aliphatic heterocycles. The number of allylic oxidation sites excluding steroid dienone is 1. The zero-order valence-electron chi connectivity index (χ0n) is 17.8. The highest BCUT2D eigenvalue weighted by Gasteiger charge is 2.47. The van der Waals surface area contributed by atoms with Crippen LogP contribution in [0.5, 0.6) is 0 Å². The molecule has 0 radical (unpaired) electrons. The molecule has 152 valence electrons. The van der Waals surface area contributed by atoms with Crippen molar-refractivity contribution in [3.8, 4) is 0 Å². The summed E-state index contributed by atoms with van der Waals surface area (Å²) in [4.78, 5) is 0. The summed E-state index contributed by atoms with van der Waals surface area (Å²) in [5, 5.41) is 4.56. The van der Waals surface area contributed by atoms with Crippen molar-refractivity contribution in [1.29, 1.82) is 0 Å². The van der Waals surface area contributed by atoms with Gasteiger partial charge < -0.3 is 0 Å². The van der Waals surface area contributed by atoms with Crippen LogP contribution in [0.25, 0.3) is 6.08 Å². The Hall–Kier alpha value is -3.16. The van der Waals surface area contributed by atoms with Crippen LogP contribution in [0.3, 0.4) is 0 Å². The van der Waals surface area contributed by atoms with Gasteiger partial charge in [-0.25, -0.2) is 0 Å². The molecule has 0 spiro atoms. The highest BCUT2D eigenvalue weighted by Crippen LogP contribution is 2.45. The van der Waals surface area contributed by atoms with E-state index in [1.807, 2.05) is 0 Å². The second-order valence-electron chi connectivity index (χ2n) is 8.64. The highest BCUT2D eigenvalue weighted by atomic mass is 28.3. The van der Waals surface area contributed by atoms with Gasteiger partial charge in [-0.15, -0.1) is 0 Å². The van der Waals surface area contributed by atoms with Crippen LogP contribution in [0, 0.1) is 11.8 Å². The molecule has 1 aliphatic carbocycles. The van der Waals surface area contributed by atoms with Crippen molar-refractivity contribution in [2.45, 2.75) is 12.5 Å². The Balaban J connectivity index is 1.53. The largest absolute Gasteiger partial charge is 0.148 e. The molecule has 1 heteroatoms. The van der Waals surface area contributed by atoms with E-state index in [0.29, 0.717) is 5.92 Å². The first kappa shape index (κ1) is 19.8. The molecule has 0 aromatic heterocycles. The summed E-state index contributed by atoms with van der Waals surface area (Å²) >= 11 is 0. The number of benzene rings is 4. The van der Waals surface area contributed by atoms with Gasteiger partial charge in [0.25, 0.3) is 0 Å². The van der Waals surface area contributed by atoms with Crippen LogP contribution in [0.4, 0.5) is 0 Å². The van der Waals surface area contributed by atoms with Crippen molar-refractivity contribution in [3.63, 3.8) is 0 Å². The van der Waals surface area contributed by atoms with Crippen molar-refractivity contribution in [3.05, 3.63) is 133 Å². The molecule has 5 rings (SSSR count). The van der Waals surface area contributed by atoms with Crippen molar-refractivity contribution in [2.24, 2.45) is 11.8 Å². The topological polar surface area (TPSA) is 0 Å². The van der Waals surface area contributed by atoms with E-state index in [1.165, 1.54) is 33.6 Å². The second-order valence-corrected chi connectivity index (χ2v) is 12.6. The van der Waals surface area contributed by atoms with Crippen molar-refractivity contribution < 1.29 is 0 Å². The Morgan fingerprint density at radius 2 is 1.00 bits per heavy atom. The maximum atomic E-state index is 2.44. The van der Waals surface area contributed by atoms with E-state index in [9.17, 15) is 0 Å². The average Bonchev–Trinajstić information content (AvgIpc) is 3.61. The first-order valence-electron chi connectivity index (χ1n) is 11.3. The van der Waals surface area contributed by atoms with Gasteiger partial charge in [0.2, 0.25) is 0 Å². The minimum atomic E-state index is -2.11. The molecule has 31 heavy (non-hydrogen) atoms. The van der Waals surface area contributed by atoms with Crippen molar-refractivity contribution in [1.82, 2.24) is 0 Å². The summed E-state index contributed by atoms with van der Waals surface area (Å²) in [7, 11) is -2.11. The van der Waals surface area contributed by atoms with Gasteiger partial charge in [0.05, 0.1) is 0 Å². The molecule has 0 amide bonds. The minimum absolute atomic E-state index is 0.684. The van der Waals surface area contributed by atoms with E-state index in [2.05, 4.69) is 133 Å². The van der Waals surface area contributed by atoms with E-state index in [0.717, 1.165) is 5.92 Å². The predicted molar refractivity (Wildman–Crippen MR) is 136 cm³/mol. The van der Waals surface area contributed by atoms with Crippen LogP contribution >= 0.6 is 0 Å². The van der Waals surface area contributed by atoms with Crippen molar-refractivity contribution in [2.75, 3.05) is 0 Å². The van der Waals surface area contributed by atoms with E-state index >= 15 is 0 Å². The van der Waals surface area contributed by atoms with Gasteiger partial charge in [-0.1, -0.05) is 133 Å². The molecule has 0 saturated heterocycles. The molecule has 0 N–H and O–H groups in total. The fourth-order valence-corrected chi connectivity index (χ4v) is 10.2. The lowest BCUT2D eigenvalue weighted by molar-refractivity contribution is 0.886. The summed E-state index contributed by atoms with van der Waals surface area (Å²) in [6.45, 7) is 0. The summed E-state index contributed by atoms with van der Waals surface area (Å²) in [5.74, 6) is 1.43. The van der Waals surface area contributed by atoms with Gasteiger partial charge in [0.15, 0.2) is 0 Å². The predicted octanol–water partition coefficient (Wildman–Crippen LogP) is 5.51. The second kappa shape index (κ2) is 8.91. The Morgan fingerprint density at radius 1 is 0.581 bits per heavy atom. The van der Waals surface area contributed by atoms with Crippen LogP contribution in [-0.2, 0) is 0 Å². The monoisotopic (exact) mass is 416 g/mol. The molecular formula is C30H28Si. The summed E-state index contributed by atoms with van der Waals surface area (Å²) in [6.07, 6.45) is 6.05. The van der Waals surface area contributed by atoms with Gasteiger partial charge in [-0.3, -0.25) is 0 Å². The minimum Gasteiger partial charge on any atom is -0.0805 e. The lowest BCUT2D eigenvalue weighted by atomic mass is 10.2. The van der Waals surface area contributed by atoms with E-state index < -0.39 is 8.07 Å². The van der Waals surface area contributed by atoms with Crippen LogP contribution in [0.2, 0.25) is 6.04 Å². The molecule has 1 fully saturated rings. The van der Waals surface area contributed by atoms with E-state index in [4.69, 9.17) is 0 Å². The van der Waals surface area contributed by atoms with Gasteiger partial charge in [0, 0.05) is 0 Å². The molecule has 4 aromatic rings. The van der Waals surface area contributed by atoms with Gasteiger partial charge >= 0.3 is 0 Å². The fourth-order valence-electron chi connectivity index (χ4n) is 4.96. The number of hydrogen-bond donors (Lipinski definition) is 0. The van der Waals surface area contributed by atoms with Gasteiger partial charge in [-0.2, -0.15) is 0 Å². The molecule has 0 heterocycles. The zero-order valence-corrected chi connectivity index (χ0v) is 18.8. The molecular weight excluding hydrogens is 388 g/mol. The lowest BCUT2D eigenvalue weighted by Crippen LogP contribution is -2.67. The Kier molecular flexibility index (Phi) is 5.69. The van der Waals surface area contributed by atoms with Crippen LogP contribution in [0.1, 0.15) is 12.0 Å². The third-order valence-electron chi connectivity index (χ3n) is 6.68. The third kappa shape index (κ3) is 4.19. The number of rotatable bonds is 7. The van der Waals surface area contributed by atoms with Gasteiger partial charge in [0.1, 0.15) is 8.07 Å². The molecule has 0 nitrogen and oxygen atoms in total. The Bertz CT molecular complexity index is 1020. The summed E-state index contributed by atoms with van der Waals surface area (Å²) < 4.78 is 0. The maximum Gasteiger partial charge on any atom is 0.148 e. The average molecular weight is 417 g/mol. The summed E-state index contributed by atoms with van der Waals surface area (Å²) in [6, 6.07) is 45.8. The first-order valence-corrected chi connectivity index (χ1v) is 13.5. The van der Waals surface area contributed by atoms with Gasteiger partial charge in [-0.05, 0) is 45.4 Å². The third-order valence-corrected chi connectivity index (χ3v) is 11.8.